The fourth-order valence-electron chi connectivity index (χ4n) is 2.17. The predicted molar refractivity (Wildman–Crippen MR) is 58.7 cm³/mol. The van der Waals surface area contributed by atoms with Crippen molar-refractivity contribution in [3.63, 3.8) is 0 Å². The van der Waals surface area contributed by atoms with Gasteiger partial charge in [-0.2, -0.15) is 18.2 Å². The monoisotopic (exact) mass is 283 g/mol. The summed E-state index contributed by atoms with van der Waals surface area (Å²) in [5, 5.41) is 6.39. The van der Waals surface area contributed by atoms with Crippen LogP contribution < -0.4 is 5.32 Å². The molecule has 1 aromatic rings. The van der Waals surface area contributed by atoms with E-state index in [1.807, 2.05) is 0 Å². The summed E-state index contributed by atoms with van der Waals surface area (Å²) < 4.78 is 44.3. The Bertz CT molecular complexity index is 424. The van der Waals surface area contributed by atoms with Gasteiger partial charge in [-0.15, -0.1) is 12.4 Å². The van der Waals surface area contributed by atoms with Gasteiger partial charge in [-0.3, -0.25) is 0 Å². The molecule has 1 aromatic heterocycles. The topological polar surface area (TPSA) is 51.0 Å². The van der Waals surface area contributed by atoms with Crippen LogP contribution in [0, 0.1) is 0 Å². The normalized spacial score (nSPS) is 28.2. The van der Waals surface area contributed by atoms with Crippen LogP contribution >= 0.6 is 12.4 Å². The molecule has 1 atom stereocenters. The van der Waals surface area contributed by atoms with Gasteiger partial charge < -0.3 is 9.84 Å². The lowest BCUT2D eigenvalue weighted by Crippen LogP contribution is -2.44. The van der Waals surface area contributed by atoms with E-state index in [0.29, 0.717) is 12.4 Å². The van der Waals surface area contributed by atoms with Crippen molar-refractivity contribution >= 4 is 12.4 Å². The molecule has 0 radical (unpaired) electrons. The fourth-order valence-corrected chi connectivity index (χ4v) is 2.17. The molecule has 102 valence electrons. The van der Waals surface area contributed by atoms with Crippen LogP contribution in [0.2, 0.25) is 0 Å². The van der Waals surface area contributed by atoms with E-state index in [0.717, 1.165) is 12.8 Å². The molecule has 3 rings (SSSR count). The molecule has 0 amide bonds. The molecule has 1 aliphatic heterocycles. The fraction of sp³-hybridized carbons (Fsp3) is 0.800. The second-order valence-electron chi connectivity index (χ2n) is 4.74. The summed E-state index contributed by atoms with van der Waals surface area (Å²) in [4.78, 5) is 3.96. The van der Waals surface area contributed by atoms with E-state index in [1.165, 1.54) is 0 Å². The molecule has 1 unspecified atom stereocenters. The first-order chi connectivity index (χ1) is 8.03. The second-order valence-corrected chi connectivity index (χ2v) is 4.74. The van der Waals surface area contributed by atoms with Crippen molar-refractivity contribution < 1.29 is 17.7 Å². The van der Waals surface area contributed by atoms with Crippen molar-refractivity contribution in [2.75, 3.05) is 13.1 Å². The summed E-state index contributed by atoms with van der Waals surface area (Å²) in [6.07, 6.45) is -2.51. The minimum atomic E-state index is -4.36. The molecule has 2 heterocycles. The van der Waals surface area contributed by atoms with Crippen LogP contribution in [0.5, 0.6) is 0 Å². The summed E-state index contributed by atoms with van der Waals surface area (Å²) in [5.41, 5.74) is -1.99. The standard InChI is InChI=1S/C10H12F3N3O.ClH/c11-10(12,13)9(3-4-14-5-9)8-15-7(16-17-8)6-1-2-6;/h6,14H,1-5H2;1H. The zero-order valence-corrected chi connectivity index (χ0v) is 10.3. The number of hydrogen-bond donors (Lipinski definition) is 1. The van der Waals surface area contributed by atoms with E-state index in [1.54, 1.807) is 0 Å². The molecule has 2 fully saturated rings. The van der Waals surface area contributed by atoms with E-state index in [2.05, 4.69) is 15.5 Å². The van der Waals surface area contributed by atoms with Gasteiger partial charge in [0.25, 0.3) is 0 Å². The third-order valence-corrected chi connectivity index (χ3v) is 3.49. The van der Waals surface area contributed by atoms with Crippen LogP contribution in [0.25, 0.3) is 0 Å². The van der Waals surface area contributed by atoms with Crippen LogP contribution in [-0.2, 0) is 5.41 Å². The van der Waals surface area contributed by atoms with Crippen molar-refractivity contribution in [3.8, 4) is 0 Å². The van der Waals surface area contributed by atoms with Crippen molar-refractivity contribution in [1.82, 2.24) is 15.5 Å². The molecule has 0 aromatic carbocycles. The summed E-state index contributed by atoms with van der Waals surface area (Å²) in [6.45, 7) is 0.142. The average molecular weight is 284 g/mol. The summed E-state index contributed by atoms with van der Waals surface area (Å²) in [6, 6.07) is 0. The molecule has 1 aliphatic carbocycles. The van der Waals surface area contributed by atoms with Gasteiger partial charge in [0.1, 0.15) is 0 Å². The third kappa shape index (κ3) is 1.99. The number of nitrogens with one attached hydrogen (secondary N) is 1. The van der Waals surface area contributed by atoms with Gasteiger partial charge in [0.05, 0.1) is 0 Å². The number of nitrogens with zero attached hydrogens (tertiary/aromatic N) is 2. The van der Waals surface area contributed by atoms with Crippen LogP contribution in [0.1, 0.15) is 36.9 Å². The van der Waals surface area contributed by atoms with Crippen LogP contribution in [-0.4, -0.2) is 29.4 Å². The molecule has 8 heteroatoms. The Labute approximate surface area is 108 Å². The van der Waals surface area contributed by atoms with Crippen molar-refractivity contribution in [2.45, 2.75) is 36.8 Å². The highest BCUT2D eigenvalue weighted by Gasteiger charge is 2.61. The Kier molecular flexibility index (Phi) is 3.31. The highest BCUT2D eigenvalue weighted by atomic mass is 35.5. The highest BCUT2D eigenvalue weighted by molar-refractivity contribution is 5.85. The number of aromatic nitrogens is 2. The maximum Gasteiger partial charge on any atom is 0.404 e. The van der Waals surface area contributed by atoms with Gasteiger partial charge in [0.15, 0.2) is 11.2 Å². The van der Waals surface area contributed by atoms with Gasteiger partial charge in [-0.05, 0) is 25.8 Å². The third-order valence-electron chi connectivity index (χ3n) is 3.49. The first kappa shape index (κ1) is 13.6. The lowest BCUT2D eigenvalue weighted by Gasteiger charge is -2.26. The Morgan fingerprint density at radius 1 is 1.33 bits per heavy atom. The minimum Gasteiger partial charge on any atom is -0.338 e. The zero-order valence-electron chi connectivity index (χ0n) is 9.46. The zero-order chi connectivity index (χ0) is 12.1. The number of rotatable bonds is 2. The van der Waals surface area contributed by atoms with Crippen molar-refractivity contribution in [3.05, 3.63) is 11.7 Å². The number of halogens is 4. The van der Waals surface area contributed by atoms with Gasteiger partial charge in [0, 0.05) is 12.5 Å². The quantitative estimate of drug-likeness (QED) is 0.904. The minimum absolute atomic E-state index is 0. The van der Waals surface area contributed by atoms with Gasteiger partial charge in [-0.1, -0.05) is 5.16 Å². The number of hydrogen-bond acceptors (Lipinski definition) is 4. The second kappa shape index (κ2) is 4.38. The molecule has 4 nitrogen and oxygen atoms in total. The van der Waals surface area contributed by atoms with Crippen molar-refractivity contribution in [2.24, 2.45) is 0 Å². The molecular weight excluding hydrogens is 271 g/mol. The lowest BCUT2D eigenvalue weighted by molar-refractivity contribution is -0.191. The highest BCUT2D eigenvalue weighted by Crippen LogP contribution is 2.46. The van der Waals surface area contributed by atoms with E-state index in [-0.39, 0.29) is 37.2 Å². The van der Waals surface area contributed by atoms with Gasteiger partial charge >= 0.3 is 6.18 Å². The molecule has 0 bridgehead atoms. The molecular formula is C10H13ClF3N3O. The smallest absolute Gasteiger partial charge is 0.338 e. The molecule has 1 saturated heterocycles. The Hall–Kier alpha value is -0.820. The van der Waals surface area contributed by atoms with E-state index in [9.17, 15) is 13.2 Å². The van der Waals surface area contributed by atoms with Crippen molar-refractivity contribution in [1.29, 1.82) is 0 Å². The first-order valence-electron chi connectivity index (χ1n) is 5.64. The molecule has 1 N–H and O–H groups in total. The summed E-state index contributed by atoms with van der Waals surface area (Å²) in [7, 11) is 0. The summed E-state index contributed by atoms with van der Waals surface area (Å²) >= 11 is 0. The first-order valence-corrected chi connectivity index (χ1v) is 5.64. The SMILES string of the molecule is Cl.FC(F)(F)C1(c2nc(C3CC3)no2)CCNC1. The molecule has 2 aliphatic rings. The predicted octanol–water partition coefficient (Wildman–Crippen LogP) is 2.16. The van der Waals surface area contributed by atoms with E-state index < -0.39 is 11.6 Å². The Balaban J connectivity index is 0.00000120. The van der Waals surface area contributed by atoms with E-state index >= 15 is 0 Å². The lowest BCUT2D eigenvalue weighted by atomic mass is 9.86. The average Bonchev–Trinajstić information content (AvgIpc) is 2.82. The Morgan fingerprint density at radius 3 is 2.56 bits per heavy atom. The van der Waals surface area contributed by atoms with Crippen LogP contribution in [0.4, 0.5) is 13.2 Å². The van der Waals surface area contributed by atoms with E-state index in [4.69, 9.17) is 4.52 Å². The van der Waals surface area contributed by atoms with Crippen LogP contribution in [0.15, 0.2) is 4.52 Å². The number of alkyl halides is 3. The maximum atomic E-state index is 13.2. The largest absolute Gasteiger partial charge is 0.404 e. The molecule has 18 heavy (non-hydrogen) atoms. The maximum absolute atomic E-state index is 13.2. The molecule has 0 spiro atoms. The van der Waals surface area contributed by atoms with Gasteiger partial charge in [-0.25, -0.2) is 0 Å². The summed E-state index contributed by atoms with van der Waals surface area (Å²) in [5.74, 6) is 0.347. The Morgan fingerprint density at radius 2 is 2.06 bits per heavy atom. The molecule has 1 saturated carbocycles. The van der Waals surface area contributed by atoms with Gasteiger partial charge in [0.2, 0.25) is 5.89 Å². The van der Waals surface area contributed by atoms with Crippen LogP contribution in [0.3, 0.4) is 0 Å².